The molecule has 1 aromatic rings. The van der Waals surface area contributed by atoms with E-state index in [2.05, 4.69) is 5.32 Å². The van der Waals surface area contributed by atoms with E-state index < -0.39 is 5.41 Å². The molecular weight excluding hydrogens is 295 g/mol. The van der Waals surface area contributed by atoms with Gasteiger partial charge in [-0.3, -0.25) is 4.79 Å². The van der Waals surface area contributed by atoms with E-state index in [9.17, 15) is 9.18 Å². The van der Waals surface area contributed by atoms with Crippen LogP contribution in [0, 0.1) is 17.7 Å². The summed E-state index contributed by atoms with van der Waals surface area (Å²) in [7, 11) is 0. The lowest BCUT2D eigenvalue weighted by molar-refractivity contribution is -0.140. The molecule has 1 aromatic carbocycles. The van der Waals surface area contributed by atoms with Gasteiger partial charge in [-0.1, -0.05) is 12.1 Å². The average molecular weight is 318 g/mol. The quantitative estimate of drug-likeness (QED) is 0.900. The second-order valence-electron chi connectivity index (χ2n) is 7.09. The number of benzene rings is 1. The summed E-state index contributed by atoms with van der Waals surface area (Å²) in [6, 6.07) is 6.47. The van der Waals surface area contributed by atoms with Crippen LogP contribution in [-0.4, -0.2) is 50.2 Å². The fourth-order valence-corrected chi connectivity index (χ4v) is 4.44. The summed E-state index contributed by atoms with van der Waals surface area (Å²) >= 11 is 0. The third-order valence-corrected chi connectivity index (χ3v) is 5.83. The topological polar surface area (TPSA) is 41.6 Å². The number of nitrogens with zero attached hydrogens (tertiary/aromatic N) is 1. The molecular formula is C18H23FN2O2. The monoisotopic (exact) mass is 318 g/mol. The lowest BCUT2D eigenvalue weighted by atomic mass is 9.73. The van der Waals surface area contributed by atoms with E-state index in [-0.39, 0.29) is 11.7 Å². The molecule has 0 saturated carbocycles. The van der Waals surface area contributed by atoms with Crippen molar-refractivity contribution in [2.24, 2.45) is 11.8 Å². The molecule has 0 radical (unpaired) electrons. The number of amides is 1. The highest BCUT2D eigenvalue weighted by molar-refractivity contribution is 5.88. The van der Waals surface area contributed by atoms with Crippen LogP contribution in [-0.2, 0) is 14.9 Å². The van der Waals surface area contributed by atoms with E-state index in [0.29, 0.717) is 37.9 Å². The highest BCUT2D eigenvalue weighted by Gasteiger charge is 2.47. The third kappa shape index (κ3) is 2.56. The molecule has 5 heteroatoms. The van der Waals surface area contributed by atoms with Gasteiger partial charge in [0.05, 0.1) is 5.41 Å². The fourth-order valence-electron chi connectivity index (χ4n) is 4.44. The highest BCUT2D eigenvalue weighted by atomic mass is 19.1. The van der Waals surface area contributed by atoms with E-state index in [1.165, 1.54) is 12.1 Å². The Morgan fingerprint density at radius 2 is 1.74 bits per heavy atom. The van der Waals surface area contributed by atoms with Gasteiger partial charge in [-0.25, -0.2) is 4.39 Å². The Hall–Kier alpha value is -1.46. The summed E-state index contributed by atoms with van der Waals surface area (Å²) in [6.45, 7) is 4.90. The number of rotatable bonds is 2. The highest BCUT2D eigenvalue weighted by Crippen LogP contribution is 2.39. The molecule has 3 heterocycles. The van der Waals surface area contributed by atoms with Crippen molar-refractivity contribution < 1.29 is 13.9 Å². The van der Waals surface area contributed by atoms with Crippen molar-refractivity contribution in [1.29, 1.82) is 0 Å². The number of likely N-dealkylation sites (tertiary alicyclic amines) is 1. The molecule has 0 aromatic heterocycles. The number of carbonyl (C=O) groups excluding carboxylic acids is 1. The smallest absolute Gasteiger partial charge is 0.233 e. The molecule has 0 unspecified atom stereocenters. The Balaban J connectivity index is 1.63. The van der Waals surface area contributed by atoms with Crippen molar-refractivity contribution in [3.8, 4) is 0 Å². The zero-order chi connectivity index (χ0) is 15.9. The Morgan fingerprint density at radius 3 is 2.35 bits per heavy atom. The summed E-state index contributed by atoms with van der Waals surface area (Å²) in [5.41, 5.74) is 0.389. The number of hydrogen-bond donors (Lipinski definition) is 1. The minimum absolute atomic E-state index is 0.210. The lowest BCUT2D eigenvalue weighted by Crippen LogP contribution is -2.49. The summed E-state index contributed by atoms with van der Waals surface area (Å²) in [5.74, 6) is 1.13. The molecule has 0 aliphatic carbocycles. The van der Waals surface area contributed by atoms with Gasteiger partial charge in [-0.05, 0) is 42.4 Å². The SMILES string of the molecule is O=C(N1C[C@H]2CNC[C@H]2C1)C1(c2ccc(F)cc2)CCOCC1. The molecule has 4 nitrogen and oxygen atoms in total. The van der Waals surface area contributed by atoms with Gasteiger partial charge in [0.2, 0.25) is 5.91 Å². The Bertz CT molecular complexity index is 571. The van der Waals surface area contributed by atoms with Crippen LogP contribution in [0.2, 0.25) is 0 Å². The standard InChI is InChI=1S/C18H23FN2O2/c19-16-3-1-15(2-4-16)18(5-7-23-8-6-18)17(22)21-11-13-9-20-10-14(13)12-21/h1-4,13-14,20H,5-12H2/t13-,14+. The molecule has 23 heavy (non-hydrogen) atoms. The van der Waals surface area contributed by atoms with Gasteiger partial charge in [-0.2, -0.15) is 0 Å². The minimum atomic E-state index is -0.544. The molecule has 3 aliphatic heterocycles. The molecule has 2 atom stereocenters. The van der Waals surface area contributed by atoms with Crippen LogP contribution in [0.4, 0.5) is 4.39 Å². The van der Waals surface area contributed by atoms with Crippen molar-refractivity contribution in [3.63, 3.8) is 0 Å². The van der Waals surface area contributed by atoms with E-state index >= 15 is 0 Å². The molecule has 124 valence electrons. The van der Waals surface area contributed by atoms with E-state index in [0.717, 1.165) is 31.7 Å². The van der Waals surface area contributed by atoms with Crippen LogP contribution >= 0.6 is 0 Å². The molecule has 3 saturated heterocycles. The first-order valence-corrected chi connectivity index (χ1v) is 8.53. The Labute approximate surface area is 136 Å². The molecule has 3 aliphatic rings. The number of hydrogen-bond acceptors (Lipinski definition) is 3. The molecule has 4 rings (SSSR count). The second kappa shape index (κ2) is 5.87. The van der Waals surface area contributed by atoms with Crippen LogP contribution in [0.5, 0.6) is 0 Å². The summed E-state index contributed by atoms with van der Waals surface area (Å²) < 4.78 is 18.8. The number of ether oxygens (including phenoxy) is 1. The van der Waals surface area contributed by atoms with Crippen LogP contribution in [0.3, 0.4) is 0 Å². The first-order valence-electron chi connectivity index (χ1n) is 8.53. The second-order valence-corrected chi connectivity index (χ2v) is 7.09. The van der Waals surface area contributed by atoms with Gasteiger partial charge in [0, 0.05) is 39.4 Å². The predicted octanol–water partition coefficient (Wildman–Crippen LogP) is 1.55. The van der Waals surface area contributed by atoms with E-state index in [4.69, 9.17) is 4.74 Å². The lowest BCUT2D eigenvalue weighted by Gasteiger charge is -2.39. The Kier molecular flexibility index (Phi) is 3.85. The molecule has 1 N–H and O–H groups in total. The number of nitrogens with one attached hydrogen (secondary N) is 1. The third-order valence-electron chi connectivity index (χ3n) is 5.83. The number of halogens is 1. The molecule has 1 amide bonds. The van der Waals surface area contributed by atoms with Gasteiger partial charge in [0.1, 0.15) is 5.82 Å². The molecule has 0 spiro atoms. The minimum Gasteiger partial charge on any atom is -0.381 e. The zero-order valence-electron chi connectivity index (χ0n) is 13.3. The number of fused-ring (bicyclic) bond motifs is 1. The normalized spacial score (nSPS) is 29.5. The van der Waals surface area contributed by atoms with E-state index in [1.54, 1.807) is 12.1 Å². The van der Waals surface area contributed by atoms with Crippen LogP contribution < -0.4 is 5.32 Å². The van der Waals surface area contributed by atoms with Gasteiger partial charge in [0.25, 0.3) is 0 Å². The predicted molar refractivity (Wildman–Crippen MR) is 84.6 cm³/mol. The summed E-state index contributed by atoms with van der Waals surface area (Å²) in [6.07, 6.45) is 1.36. The van der Waals surface area contributed by atoms with Crippen LogP contribution in [0.15, 0.2) is 24.3 Å². The first kappa shape index (κ1) is 15.1. The molecule has 0 bridgehead atoms. The Morgan fingerprint density at radius 1 is 1.13 bits per heavy atom. The largest absolute Gasteiger partial charge is 0.381 e. The maximum absolute atomic E-state index is 13.4. The van der Waals surface area contributed by atoms with Gasteiger partial charge in [-0.15, -0.1) is 0 Å². The average Bonchev–Trinajstić information content (AvgIpc) is 3.17. The molecule has 3 fully saturated rings. The van der Waals surface area contributed by atoms with Crippen molar-refractivity contribution in [2.45, 2.75) is 18.3 Å². The number of carbonyl (C=O) groups is 1. The van der Waals surface area contributed by atoms with Crippen LogP contribution in [0.1, 0.15) is 18.4 Å². The van der Waals surface area contributed by atoms with Crippen LogP contribution in [0.25, 0.3) is 0 Å². The van der Waals surface area contributed by atoms with Gasteiger partial charge in [0.15, 0.2) is 0 Å². The van der Waals surface area contributed by atoms with Crippen molar-refractivity contribution in [3.05, 3.63) is 35.6 Å². The summed E-state index contributed by atoms with van der Waals surface area (Å²) in [4.78, 5) is 15.4. The van der Waals surface area contributed by atoms with Crippen molar-refractivity contribution in [2.75, 3.05) is 39.4 Å². The maximum atomic E-state index is 13.4. The van der Waals surface area contributed by atoms with E-state index in [1.807, 2.05) is 4.90 Å². The van der Waals surface area contributed by atoms with Crippen molar-refractivity contribution in [1.82, 2.24) is 10.2 Å². The first-order chi connectivity index (χ1) is 11.2. The zero-order valence-corrected chi connectivity index (χ0v) is 13.3. The van der Waals surface area contributed by atoms with Gasteiger partial charge < -0.3 is 15.0 Å². The fraction of sp³-hybridized carbons (Fsp3) is 0.611. The van der Waals surface area contributed by atoms with Crippen molar-refractivity contribution >= 4 is 5.91 Å². The summed E-state index contributed by atoms with van der Waals surface area (Å²) in [5, 5.41) is 3.41. The van der Waals surface area contributed by atoms with Gasteiger partial charge >= 0.3 is 0 Å². The maximum Gasteiger partial charge on any atom is 0.233 e.